The molecule has 0 aromatic heterocycles. The molecule has 2 aliphatic rings. The Bertz CT molecular complexity index is 634. The summed E-state index contributed by atoms with van der Waals surface area (Å²) >= 11 is 5.77. The first-order valence-electron chi connectivity index (χ1n) is 9.19. The molecule has 0 aliphatic carbocycles. The topological polar surface area (TPSA) is 71.8 Å². The van der Waals surface area contributed by atoms with E-state index in [1.165, 1.54) is 0 Å². The highest BCUT2D eigenvalue weighted by Gasteiger charge is 2.25. The van der Waals surface area contributed by atoms with Crippen molar-refractivity contribution in [3.05, 3.63) is 18.2 Å². The van der Waals surface area contributed by atoms with Crippen molar-refractivity contribution >= 4 is 34.7 Å². The Morgan fingerprint density at radius 1 is 1.38 bits per heavy atom. The van der Waals surface area contributed by atoms with Crippen molar-refractivity contribution in [1.82, 2.24) is 5.32 Å². The molecule has 1 fully saturated rings. The smallest absolute Gasteiger partial charge is 0.241 e. The third-order valence-electron chi connectivity index (χ3n) is 4.24. The van der Waals surface area contributed by atoms with E-state index in [-0.39, 0.29) is 17.6 Å². The lowest BCUT2D eigenvalue weighted by molar-refractivity contribution is -0.116. The number of carbonyl (C=O) groups excluding carboxylic acids is 2. The van der Waals surface area contributed by atoms with E-state index < -0.39 is 0 Å². The van der Waals surface area contributed by atoms with Crippen LogP contribution in [-0.2, 0) is 9.59 Å². The Balaban J connectivity index is 0.00000117. The molecule has 1 unspecified atom stereocenters. The Labute approximate surface area is 160 Å². The van der Waals surface area contributed by atoms with E-state index in [2.05, 4.69) is 5.32 Å². The molecule has 1 amide bonds. The molecular formula is C19H28ClN3O3. The molecule has 144 valence electrons. The van der Waals surface area contributed by atoms with Crippen LogP contribution in [0.2, 0.25) is 0 Å². The molecule has 1 aromatic rings. The number of Topliss-reactive ketones (excluding diaryl/α,β-unsaturated/α-hetero) is 1. The van der Waals surface area contributed by atoms with Crippen LogP contribution in [0.5, 0.6) is 5.75 Å². The number of anilines is 2. The maximum atomic E-state index is 12.2. The summed E-state index contributed by atoms with van der Waals surface area (Å²) in [6.07, 6.45) is 0.900. The summed E-state index contributed by atoms with van der Waals surface area (Å²) in [5, 5.41) is 3.24. The van der Waals surface area contributed by atoms with Crippen LogP contribution in [-0.4, -0.2) is 56.4 Å². The first kappa shape index (κ1) is 20.5. The molecule has 3 rings (SSSR count). The van der Waals surface area contributed by atoms with Crippen LogP contribution in [0.3, 0.4) is 0 Å². The van der Waals surface area contributed by atoms with Crippen LogP contribution >= 0.6 is 11.6 Å². The lowest BCUT2D eigenvalue weighted by atomic mass is 10.1. The average Bonchev–Trinajstić information content (AvgIpc) is 3.47. The van der Waals surface area contributed by atoms with Crippen LogP contribution in [0.15, 0.2) is 18.2 Å². The fourth-order valence-corrected chi connectivity index (χ4v) is 3.05. The molecule has 0 spiro atoms. The summed E-state index contributed by atoms with van der Waals surface area (Å²) in [4.78, 5) is 27.3. The summed E-state index contributed by atoms with van der Waals surface area (Å²) in [7, 11) is 0. The van der Waals surface area contributed by atoms with Gasteiger partial charge in [0.2, 0.25) is 5.91 Å². The molecule has 0 radical (unpaired) electrons. The molecule has 0 bridgehead atoms. The molecule has 1 N–H and O–H groups in total. The van der Waals surface area contributed by atoms with Crippen LogP contribution < -0.4 is 19.9 Å². The monoisotopic (exact) mass is 381 g/mol. The molecule has 1 atom stereocenters. The van der Waals surface area contributed by atoms with E-state index in [0.717, 1.165) is 24.3 Å². The zero-order chi connectivity index (χ0) is 19.1. The fraction of sp³-hybridized carbons (Fsp3) is 0.579. The molecule has 0 saturated carbocycles. The second-order valence-corrected chi connectivity index (χ2v) is 6.46. The first-order chi connectivity index (χ1) is 12.6. The zero-order valence-corrected chi connectivity index (χ0v) is 16.5. The van der Waals surface area contributed by atoms with Crippen LogP contribution in [0.1, 0.15) is 27.2 Å². The van der Waals surface area contributed by atoms with Crippen molar-refractivity contribution in [3.8, 4) is 5.75 Å². The third-order valence-corrected chi connectivity index (χ3v) is 4.47. The summed E-state index contributed by atoms with van der Waals surface area (Å²) in [5.74, 6) is 0.653. The molecule has 1 aromatic carbocycles. The van der Waals surface area contributed by atoms with Gasteiger partial charge in [-0.25, -0.2) is 0 Å². The number of hydrogen-bond donors (Lipinski definition) is 1. The van der Waals surface area contributed by atoms with E-state index in [4.69, 9.17) is 16.3 Å². The second-order valence-electron chi connectivity index (χ2n) is 6.20. The maximum absolute atomic E-state index is 12.2. The lowest BCUT2D eigenvalue weighted by Crippen LogP contribution is -2.37. The van der Waals surface area contributed by atoms with Gasteiger partial charge in [-0.05, 0) is 25.5 Å². The minimum atomic E-state index is -0.117. The number of fused-ring (bicyclic) bond motifs is 1. The van der Waals surface area contributed by atoms with Crippen molar-refractivity contribution in [3.63, 3.8) is 0 Å². The van der Waals surface area contributed by atoms with Gasteiger partial charge in [-0.3, -0.25) is 9.59 Å². The molecule has 6 nitrogen and oxygen atoms in total. The quantitative estimate of drug-likeness (QED) is 0.580. The molecule has 7 heteroatoms. The minimum Gasteiger partial charge on any atom is -0.489 e. The van der Waals surface area contributed by atoms with E-state index in [9.17, 15) is 9.59 Å². The summed E-state index contributed by atoms with van der Waals surface area (Å²) < 4.78 is 5.74. The summed E-state index contributed by atoms with van der Waals surface area (Å²) in [6, 6.07) is 6.17. The van der Waals surface area contributed by atoms with Gasteiger partial charge in [-0.15, -0.1) is 11.6 Å². The van der Waals surface area contributed by atoms with Gasteiger partial charge in [-0.2, -0.15) is 0 Å². The Kier molecular flexibility index (Phi) is 7.72. The number of amides is 1. The molecule has 26 heavy (non-hydrogen) atoms. The van der Waals surface area contributed by atoms with Crippen molar-refractivity contribution in [2.45, 2.75) is 33.2 Å². The molecule has 2 heterocycles. The SMILES string of the molecule is CC.CC(=O)CN1CCOc2cc(N(CCC3CN3)C(=O)CCl)ccc21. The van der Waals surface area contributed by atoms with Crippen molar-refractivity contribution in [1.29, 1.82) is 0 Å². The predicted molar refractivity (Wildman–Crippen MR) is 106 cm³/mol. The van der Waals surface area contributed by atoms with E-state index in [1.54, 1.807) is 11.8 Å². The van der Waals surface area contributed by atoms with Gasteiger partial charge in [0.1, 0.15) is 24.0 Å². The van der Waals surface area contributed by atoms with Crippen LogP contribution in [0, 0.1) is 0 Å². The fourth-order valence-electron chi connectivity index (χ4n) is 2.91. The zero-order valence-electron chi connectivity index (χ0n) is 15.8. The average molecular weight is 382 g/mol. The number of ether oxygens (including phenoxy) is 1. The minimum absolute atomic E-state index is 0.0491. The highest BCUT2D eigenvalue weighted by Crippen LogP contribution is 2.35. The number of halogens is 1. The number of ketones is 1. The number of nitrogens with zero attached hydrogens (tertiary/aromatic N) is 2. The van der Waals surface area contributed by atoms with Gasteiger partial charge in [0.05, 0.1) is 18.8 Å². The van der Waals surface area contributed by atoms with Gasteiger partial charge in [0.15, 0.2) is 0 Å². The number of rotatable bonds is 7. The van der Waals surface area contributed by atoms with Gasteiger partial charge < -0.3 is 19.9 Å². The largest absolute Gasteiger partial charge is 0.489 e. The van der Waals surface area contributed by atoms with Gasteiger partial charge >= 0.3 is 0 Å². The van der Waals surface area contributed by atoms with E-state index in [1.807, 2.05) is 36.9 Å². The Morgan fingerprint density at radius 3 is 2.73 bits per heavy atom. The third kappa shape index (κ3) is 5.35. The number of hydrogen-bond acceptors (Lipinski definition) is 5. The number of alkyl halides is 1. The Morgan fingerprint density at radius 2 is 2.12 bits per heavy atom. The van der Waals surface area contributed by atoms with Crippen molar-refractivity contribution in [2.24, 2.45) is 0 Å². The molecule has 2 aliphatic heterocycles. The molecular weight excluding hydrogens is 354 g/mol. The Hall–Kier alpha value is -1.79. The van der Waals surface area contributed by atoms with E-state index in [0.29, 0.717) is 38.0 Å². The van der Waals surface area contributed by atoms with Gasteiger partial charge in [0, 0.05) is 30.9 Å². The highest BCUT2D eigenvalue weighted by atomic mass is 35.5. The van der Waals surface area contributed by atoms with E-state index >= 15 is 0 Å². The van der Waals surface area contributed by atoms with Gasteiger partial charge in [-0.1, -0.05) is 13.8 Å². The number of benzene rings is 1. The van der Waals surface area contributed by atoms with Crippen molar-refractivity contribution < 1.29 is 14.3 Å². The van der Waals surface area contributed by atoms with Crippen LogP contribution in [0.4, 0.5) is 11.4 Å². The number of nitrogens with one attached hydrogen (secondary N) is 1. The standard InChI is InChI=1S/C17H22ClN3O3.C2H6/c1-12(22)11-20-6-7-24-16-8-14(2-3-15(16)20)21(17(23)9-18)5-4-13-10-19-13;1-2/h2-3,8,13,19H,4-7,9-11H2,1H3;1-2H3. The summed E-state index contributed by atoms with van der Waals surface area (Å²) in [5.41, 5.74) is 1.67. The van der Waals surface area contributed by atoms with Crippen molar-refractivity contribution in [2.75, 3.05) is 48.5 Å². The maximum Gasteiger partial charge on any atom is 0.241 e. The highest BCUT2D eigenvalue weighted by molar-refractivity contribution is 6.29. The first-order valence-corrected chi connectivity index (χ1v) is 9.73. The normalized spacial score (nSPS) is 17.4. The molecule has 1 saturated heterocycles. The van der Waals surface area contributed by atoms with Crippen LogP contribution in [0.25, 0.3) is 0 Å². The lowest BCUT2D eigenvalue weighted by Gasteiger charge is -2.32. The predicted octanol–water partition coefficient (Wildman–Crippen LogP) is 2.43. The number of carbonyl (C=O) groups is 2. The second kappa shape index (κ2) is 9.78. The summed E-state index contributed by atoms with van der Waals surface area (Å²) in [6.45, 7) is 8.79. The van der Waals surface area contributed by atoms with Gasteiger partial charge in [0.25, 0.3) is 0 Å².